The monoisotopic (exact) mass is 220 g/mol. The lowest BCUT2D eigenvalue weighted by Gasteiger charge is -2.11. The number of nitrogens with zero attached hydrogens (tertiary/aromatic N) is 3. The summed E-state index contributed by atoms with van der Waals surface area (Å²) < 4.78 is 5.06. The van der Waals surface area contributed by atoms with E-state index in [1.54, 1.807) is 12.4 Å². The fourth-order valence-corrected chi connectivity index (χ4v) is 1.87. The van der Waals surface area contributed by atoms with E-state index in [4.69, 9.17) is 9.63 Å². The number of carbonyl (C=O) groups is 1. The number of fused-ring (bicyclic) bond motifs is 1. The molecule has 3 rings (SSSR count). The summed E-state index contributed by atoms with van der Waals surface area (Å²) in [6.07, 6.45) is 3.99. The highest BCUT2D eigenvalue weighted by atomic mass is 16.5. The summed E-state index contributed by atoms with van der Waals surface area (Å²) in [7, 11) is 0. The predicted molar refractivity (Wildman–Crippen MR) is 52.8 cm³/mol. The van der Waals surface area contributed by atoms with Gasteiger partial charge in [0.1, 0.15) is 0 Å². The molecule has 2 aromatic rings. The van der Waals surface area contributed by atoms with E-state index in [0.29, 0.717) is 24.4 Å². The molecular weight excluding hydrogens is 212 g/mol. The molecule has 0 spiro atoms. The Kier molecular flexibility index (Phi) is 1.73. The second kappa shape index (κ2) is 3.09. The van der Waals surface area contributed by atoms with Crippen LogP contribution in [0.2, 0.25) is 0 Å². The SMILES string of the molecule is O=C(O)c1noc2c1CCN2c1cn[nH]c1. The molecule has 0 saturated heterocycles. The molecule has 0 bridgehead atoms. The number of aromatic amines is 1. The van der Waals surface area contributed by atoms with Crippen LogP contribution in [0.15, 0.2) is 16.9 Å². The van der Waals surface area contributed by atoms with Crippen molar-refractivity contribution in [1.82, 2.24) is 15.4 Å². The molecule has 0 radical (unpaired) electrons. The number of anilines is 2. The number of aromatic nitrogens is 3. The number of hydrogen-bond acceptors (Lipinski definition) is 5. The van der Waals surface area contributed by atoms with Gasteiger partial charge in [-0.2, -0.15) is 5.10 Å². The molecule has 0 aliphatic carbocycles. The molecule has 0 aromatic carbocycles. The number of H-pyrrole nitrogens is 1. The number of carboxylic acids is 1. The Labute approximate surface area is 89.7 Å². The lowest BCUT2D eigenvalue weighted by molar-refractivity contribution is 0.0684. The van der Waals surface area contributed by atoms with Crippen LogP contribution in [0, 0.1) is 0 Å². The van der Waals surface area contributed by atoms with Crippen LogP contribution in [0.5, 0.6) is 0 Å². The van der Waals surface area contributed by atoms with E-state index < -0.39 is 5.97 Å². The van der Waals surface area contributed by atoms with E-state index >= 15 is 0 Å². The molecule has 7 nitrogen and oxygen atoms in total. The van der Waals surface area contributed by atoms with Gasteiger partial charge >= 0.3 is 5.97 Å². The molecule has 3 heterocycles. The van der Waals surface area contributed by atoms with Gasteiger partial charge in [0.25, 0.3) is 0 Å². The van der Waals surface area contributed by atoms with Crippen LogP contribution in [0.25, 0.3) is 0 Å². The van der Waals surface area contributed by atoms with Gasteiger partial charge < -0.3 is 14.5 Å². The fraction of sp³-hybridized carbons (Fsp3) is 0.222. The third kappa shape index (κ3) is 1.11. The number of carboxylic acid groups (broad SMARTS) is 1. The number of hydrogen-bond donors (Lipinski definition) is 2. The van der Waals surface area contributed by atoms with E-state index in [1.165, 1.54) is 0 Å². The quantitative estimate of drug-likeness (QED) is 0.776. The van der Waals surface area contributed by atoms with E-state index in [9.17, 15) is 4.79 Å². The Morgan fingerprint density at radius 2 is 2.50 bits per heavy atom. The van der Waals surface area contributed by atoms with Crippen LogP contribution < -0.4 is 4.90 Å². The van der Waals surface area contributed by atoms with Gasteiger partial charge in [0.2, 0.25) is 5.88 Å². The minimum absolute atomic E-state index is 0.000921. The zero-order valence-electron chi connectivity index (χ0n) is 8.17. The largest absolute Gasteiger partial charge is 0.476 e. The average molecular weight is 220 g/mol. The molecule has 0 atom stereocenters. The molecule has 0 unspecified atom stereocenters. The Morgan fingerprint density at radius 1 is 1.62 bits per heavy atom. The number of rotatable bonds is 2. The molecule has 0 amide bonds. The molecule has 7 heteroatoms. The highest BCUT2D eigenvalue weighted by molar-refractivity contribution is 5.89. The average Bonchev–Trinajstić information content (AvgIpc) is 2.93. The predicted octanol–water partition coefficient (Wildman–Crippen LogP) is 0.790. The molecule has 1 aliphatic heterocycles. The van der Waals surface area contributed by atoms with Crippen molar-refractivity contribution in [2.24, 2.45) is 0 Å². The number of aromatic carboxylic acids is 1. The van der Waals surface area contributed by atoms with Crippen molar-refractivity contribution in [2.45, 2.75) is 6.42 Å². The van der Waals surface area contributed by atoms with Crippen molar-refractivity contribution in [3.63, 3.8) is 0 Å². The summed E-state index contributed by atoms with van der Waals surface area (Å²) in [4.78, 5) is 12.7. The lowest BCUT2D eigenvalue weighted by Crippen LogP contribution is -2.12. The van der Waals surface area contributed by atoms with Crippen LogP contribution in [-0.4, -0.2) is 33.0 Å². The van der Waals surface area contributed by atoms with Crippen molar-refractivity contribution in [1.29, 1.82) is 0 Å². The van der Waals surface area contributed by atoms with Crippen molar-refractivity contribution in [2.75, 3.05) is 11.4 Å². The maximum Gasteiger partial charge on any atom is 0.358 e. The number of nitrogens with one attached hydrogen (secondary N) is 1. The van der Waals surface area contributed by atoms with Crippen LogP contribution in [-0.2, 0) is 6.42 Å². The smallest absolute Gasteiger partial charge is 0.358 e. The van der Waals surface area contributed by atoms with Gasteiger partial charge in [0, 0.05) is 12.7 Å². The van der Waals surface area contributed by atoms with Gasteiger partial charge in [-0.1, -0.05) is 5.16 Å². The third-order valence-electron chi connectivity index (χ3n) is 2.60. The second-order valence-electron chi connectivity index (χ2n) is 3.48. The van der Waals surface area contributed by atoms with Crippen molar-refractivity contribution < 1.29 is 14.4 Å². The highest BCUT2D eigenvalue weighted by Gasteiger charge is 2.31. The first-order valence-corrected chi connectivity index (χ1v) is 4.75. The normalized spacial score (nSPS) is 14.1. The fourth-order valence-electron chi connectivity index (χ4n) is 1.87. The summed E-state index contributed by atoms with van der Waals surface area (Å²) in [6.45, 7) is 0.677. The molecule has 2 aromatic heterocycles. The van der Waals surface area contributed by atoms with Crippen molar-refractivity contribution in [3.05, 3.63) is 23.7 Å². The molecular formula is C9H8N4O3. The minimum Gasteiger partial charge on any atom is -0.476 e. The van der Waals surface area contributed by atoms with Crippen LogP contribution in [0.4, 0.5) is 11.6 Å². The molecule has 16 heavy (non-hydrogen) atoms. The maximum atomic E-state index is 10.9. The van der Waals surface area contributed by atoms with Gasteiger partial charge in [-0.25, -0.2) is 4.79 Å². The molecule has 82 valence electrons. The van der Waals surface area contributed by atoms with Gasteiger partial charge in [0.15, 0.2) is 5.69 Å². The van der Waals surface area contributed by atoms with Gasteiger partial charge in [0.05, 0.1) is 17.4 Å². The molecule has 0 fully saturated rings. The first-order valence-electron chi connectivity index (χ1n) is 4.75. The summed E-state index contributed by atoms with van der Waals surface area (Å²) in [6, 6.07) is 0. The minimum atomic E-state index is -1.06. The van der Waals surface area contributed by atoms with Crippen LogP contribution in [0.3, 0.4) is 0 Å². The summed E-state index contributed by atoms with van der Waals surface area (Å²) in [5.74, 6) is -0.558. The van der Waals surface area contributed by atoms with Crippen molar-refractivity contribution >= 4 is 17.5 Å². The van der Waals surface area contributed by atoms with Gasteiger partial charge in [-0.05, 0) is 6.42 Å². The summed E-state index contributed by atoms with van der Waals surface area (Å²) in [5.41, 5.74) is 1.49. The Balaban J connectivity index is 2.04. The summed E-state index contributed by atoms with van der Waals surface area (Å²) in [5, 5.41) is 19.0. The van der Waals surface area contributed by atoms with E-state index in [-0.39, 0.29) is 5.69 Å². The van der Waals surface area contributed by atoms with E-state index in [2.05, 4.69) is 15.4 Å². The summed E-state index contributed by atoms with van der Waals surface area (Å²) >= 11 is 0. The first kappa shape index (κ1) is 8.96. The molecule has 2 N–H and O–H groups in total. The molecule has 1 aliphatic rings. The Hall–Kier alpha value is -2.31. The zero-order valence-corrected chi connectivity index (χ0v) is 8.17. The molecule has 0 saturated carbocycles. The Bertz CT molecular complexity index is 531. The van der Waals surface area contributed by atoms with Crippen molar-refractivity contribution in [3.8, 4) is 0 Å². The van der Waals surface area contributed by atoms with Crippen LogP contribution >= 0.6 is 0 Å². The highest BCUT2D eigenvalue weighted by Crippen LogP contribution is 2.35. The first-order chi connectivity index (χ1) is 7.77. The Morgan fingerprint density at radius 3 is 3.19 bits per heavy atom. The second-order valence-corrected chi connectivity index (χ2v) is 3.48. The zero-order chi connectivity index (χ0) is 11.1. The van der Waals surface area contributed by atoms with E-state index in [0.717, 1.165) is 5.69 Å². The van der Waals surface area contributed by atoms with Crippen LogP contribution in [0.1, 0.15) is 16.1 Å². The third-order valence-corrected chi connectivity index (χ3v) is 2.60. The topological polar surface area (TPSA) is 95.2 Å². The van der Waals surface area contributed by atoms with Gasteiger partial charge in [-0.3, -0.25) is 5.10 Å². The van der Waals surface area contributed by atoms with Gasteiger partial charge in [-0.15, -0.1) is 0 Å². The lowest BCUT2D eigenvalue weighted by atomic mass is 10.2. The standard InChI is InChI=1S/C9H8N4O3/c14-9(15)7-6-1-2-13(8(6)16-12-7)5-3-10-11-4-5/h3-4H,1-2H2,(H,10,11)(H,14,15). The maximum absolute atomic E-state index is 10.9. The van der Waals surface area contributed by atoms with E-state index in [1.807, 2.05) is 4.90 Å².